The van der Waals surface area contributed by atoms with Crippen molar-refractivity contribution >= 4 is 5.97 Å². The molecule has 0 radical (unpaired) electrons. The third kappa shape index (κ3) is 3.10. The zero-order chi connectivity index (χ0) is 19.2. The molecule has 0 aromatic carbocycles. The number of hydrogen-bond donors (Lipinski definition) is 0. The highest BCUT2D eigenvalue weighted by molar-refractivity contribution is 5.69. The molecule has 0 amide bonds. The summed E-state index contributed by atoms with van der Waals surface area (Å²) in [7, 11) is 1.51. The van der Waals surface area contributed by atoms with Crippen molar-refractivity contribution in [2.45, 2.75) is 85.0 Å². The number of hydrogen-bond acceptors (Lipinski definition) is 2. The third-order valence-corrected chi connectivity index (χ3v) is 9.95. The molecule has 0 unspecified atom stereocenters. The second-order valence-corrected chi connectivity index (χ2v) is 10.9. The molecule has 0 aliphatic heterocycles. The van der Waals surface area contributed by atoms with Crippen LogP contribution in [0.25, 0.3) is 0 Å². The lowest BCUT2D eigenvalue weighted by Crippen LogP contribution is -2.52. The number of carbonyl (C=O) groups excluding carboxylic acids is 1. The van der Waals surface area contributed by atoms with E-state index in [1.807, 2.05) is 0 Å². The van der Waals surface area contributed by atoms with Gasteiger partial charge in [0.1, 0.15) is 0 Å². The zero-order valence-corrected chi connectivity index (χ0v) is 18.0. The molecule has 3 fully saturated rings. The highest BCUT2D eigenvalue weighted by Crippen LogP contribution is 2.67. The van der Waals surface area contributed by atoms with Crippen LogP contribution in [0.4, 0.5) is 0 Å². The topological polar surface area (TPSA) is 26.3 Å². The fourth-order valence-electron chi connectivity index (χ4n) is 8.45. The van der Waals surface area contributed by atoms with Gasteiger partial charge in [-0.1, -0.05) is 32.9 Å². The standard InChI is InChI=1S/C25H40O2/c1-17(8-13-23(26)27-4)20-11-12-21-19-10-9-18-7-5-6-15-24(18,2)22(19)14-16-25(20,21)3/h5,7,17-22H,6,8-16H2,1-4H3/t17-,18+,19+,20-,21+,22+,24+,25-/m1/s1. The predicted octanol–water partition coefficient (Wildman–Crippen LogP) is 6.40. The summed E-state index contributed by atoms with van der Waals surface area (Å²) in [6.45, 7) is 7.65. The molecule has 4 rings (SSSR count). The van der Waals surface area contributed by atoms with E-state index < -0.39 is 0 Å². The Kier molecular flexibility index (Phi) is 5.23. The van der Waals surface area contributed by atoms with Gasteiger partial charge in [0, 0.05) is 6.42 Å². The van der Waals surface area contributed by atoms with Crippen LogP contribution in [-0.4, -0.2) is 13.1 Å². The monoisotopic (exact) mass is 372 g/mol. The molecule has 2 heteroatoms. The lowest BCUT2D eigenvalue weighted by Gasteiger charge is -2.60. The minimum atomic E-state index is -0.0399. The molecule has 8 atom stereocenters. The van der Waals surface area contributed by atoms with E-state index in [-0.39, 0.29) is 5.97 Å². The molecular formula is C25H40O2. The Morgan fingerprint density at radius 2 is 1.85 bits per heavy atom. The Hall–Kier alpha value is -0.790. The van der Waals surface area contributed by atoms with Crippen LogP contribution in [0.1, 0.15) is 85.0 Å². The highest BCUT2D eigenvalue weighted by Gasteiger charge is 2.59. The van der Waals surface area contributed by atoms with E-state index >= 15 is 0 Å². The van der Waals surface area contributed by atoms with Crippen LogP contribution in [0.3, 0.4) is 0 Å². The average Bonchev–Trinajstić information content (AvgIpc) is 3.02. The van der Waals surface area contributed by atoms with Crippen molar-refractivity contribution in [1.82, 2.24) is 0 Å². The largest absolute Gasteiger partial charge is 0.469 e. The first kappa shape index (κ1) is 19.5. The van der Waals surface area contributed by atoms with Gasteiger partial charge >= 0.3 is 5.97 Å². The maximum absolute atomic E-state index is 11.6. The van der Waals surface area contributed by atoms with Crippen molar-refractivity contribution in [3.63, 3.8) is 0 Å². The molecule has 0 heterocycles. The molecule has 4 aliphatic rings. The van der Waals surface area contributed by atoms with Crippen molar-refractivity contribution in [1.29, 1.82) is 0 Å². The van der Waals surface area contributed by atoms with E-state index in [1.54, 1.807) is 0 Å². The summed E-state index contributed by atoms with van der Waals surface area (Å²) in [6, 6.07) is 0. The molecule has 0 aromatic heterocycles. The first-order chi connectivity index (χ1) is 12.9. The highest BCUT2D eigenvalue weighted by atomic mass is 16.5. The lowest BCUT2D eigenvalue weighted by atomic mass is 9.45. The fraction of sp³-hybridized carbons (Fsp3) is 0.880. The molecule has 152 valence electrons. The van der Waals surface area contributed by atoms with E-state index in [0.717, 1.165) is 36.0 Å². The lowest BCUT2D eigenvalue weighted by molar-refractivity contribution is -0.141. The first-order valence-corrected chi connectivity index (χ1v) is 11.6. The maximum Gasteiger partial charge on any atom is 0.305 e. The van der Waals surface area contributed by atoms with E-state index in [1.165, 1.54) is 58.5 Å². The van der Waals surface area contributed by atoms with Gasteiger partial charge in [-0.15, -0.1) is 0 Å². The van der Waals surface area contributed by atoms with E-state index in [2.05, 4.69) is 32.9 Å². The number of rotatable bonds is 4. The van der Waals surface area contributed by atoms with Gasteiger partial charge in [-0.05, 0) is 104 Å². The summed E-state index contributed by atoms with van der Waals surface area (Å²) in [5.41, 5.74) is 1.07. The second kappa shape index (κ2) is 7.23. The smallest absolute Gasteiger partial charge is 0.305 e. The molecule has 0 N–H and O–H groups in total. The zero-order valence-electron chi connectivity index (χ0n) is 18.0. The van der Waals surface area contributed by atoms with Crippen LogP contribution in [0, 0.1) is 46.3 Å². The summed E-state index contributed by atoms with van der Waals surface area (Å²) < 4.78 is 4.88. The number of methoxy groups -OCH3 is 1. The number of esters is 1. The van der Waals surface area contributed by atoms with E-state index in [9.17, 15) is 4.79 Å². The van der Waals surface area contributed by atoms with Crippen molar-refractivity contribution in [2.75, 3.05) is 7.11 Å². The molecule has 0 saturated heterocycles. The van der Waals surface area contributed by atoms with Crippen LogP contribution in [0.15, 0.2) is 12.2 Å². The molecule has 27 heavy (non-hydrogen) atoms. The van der Waals surface area contributed by atoms with E-state index in [0.29, 0.717) is 23.2 Å². The van der Waals surface area contributed by atoms with Gasteiger partial charge in [0.25, 0.3) is 0 Å². The Balaban J connectivity index is 1.50. The number of carbonyl (C=O) groups is 1. The van der Waals surface area contributed by atoms with Crippen LogP contribution in [0.2, 0.25) is 0 Å². The predicted molar refractivity (Wildman–Crippen MR) is 110 cm³/mol. The number of fused-ring (bicyclic) bond motifs is 5. The van der Waals surface area contributed by atoms with Gasteiger partial charge in [-0.2, -0.15) is 0 Å². The van der Waals surface area contributed by atoms with Crippen molar-refractivity contribution in [3.8, 4) is 0 Å². The SMILES string of the molecule is COC(=O)CC[C@@H](C)[C@H]1CC[C@H]2[C@@H]3CC[C@@H]4C=CCC[C@]4(C)[C@H]3CC[C@]12C. The molecule has 4 aliphatic carbocycles. The Labute approximate surface area is 166 Å². The second-order valence-electron chi connectivity index (χ2n) is 10.9. The van der Waals surface area contributed by atoms with Gasteiger partial charge in [0.05, 0.1) is 7.11 Å². The summed E-state index contributed by atoms with van der Waals surface area (Å²) in [6.07, 6.45) is 17.9. The van der Waals surface area contributed by atoms with Gasteiger partial charge in [-0.3, -0.25) is 4.79 Å². The quantitative estimate of drug-likeness (QED) is 0.421. The van der Waals surface area contributed by atoms with Gasteiger partial charge in [0.2, 0.25) is 0 Å². The van der Waals surface area contributed by atoms with Gasteiger partial charge in [-0.25, -0.2) is 0 Å². The van der Waals surface area contributed by atoms with Crippen LogP contribution in [-0.2, 0) is 9.53 Å². The molecule has 0 bridgehead atoms. The van der Waals surface area contributed by atoms with Crippen molar-refractivity contribution < 1.29 is 9.53 Å². The van der Waals surface area contributed by atoms with Gasteiger partial charge in [0.15, 0.2) is 0 Å². The molecule has 3 saturated carbocycles. The van der Waals surface area contributed by atoms with Crippen LogP contribution >= 0.6 is 0 Å². The minimum Gasteiger partial charge on any atom is -0.469 e. The Morgan fingerprint density at radius 3 is 2.63 bits per heavy atom. The third-order valence-electron chi connectivity index (χ3n) is 9.95. The molecule has 2 nitrogen and oxygen atoms in total. The van der Waals surface area contributed by atoms with E-state index in [4.69, 9.17) is 4.74 Å². The minimum absolute atomic E-state index is 0.0399. The molecule has 0 spiro atoms. The van der Waals surface area contributed by atoms with Gasteiger partial charge < -0.3 is 4.74 Å². The number of allylic oxidation sites excluding steroid dienone is 2. The molecular weight excluding hydrogens is 332 g/mol. The summed E-state index contributed by atoms with van der Waals surface area (Å²) in [5.74, 6) is 5.06. The van der Waals surface area contributed by atoms with Crippen molar-refractivity contribution in [2.24, 2.45) is 46.3 Å². The summed E-state index contributed by atoms with van der Waals surface area (Å²) in [5, 5.41) is 0. The molecule has 0 aromatic rings. The van der Waals surface area contributed by atoms with Crippen molar-refractivity contribution in [3.05, 3.63) is 12.2 Å². The average molecular weight is 373 g/mol. The Morgan fingerprint density at radius 1 is 1.07 bits per heavy atom. The fourth-order valence-corrected chi connectivity index (χ4v) is 8.45. The normalized spacial score (nSPS) is 46.9. The summed E-state index contributed by atoms with van der Waals surface area (Å²) >= 11 is 0. The van der Waals surface area contributed by atoms with Crippen LogP contribution < -0.4 is 0 Å². The Bertz CT molecular complexity index is 595. The first-order valence-electron chi connectivity index (χ1n) is 11.6. The summed E-state index contributed by atoms with van der Waals surface area (Å²) in [4.78, 5) is 11.6. The number of ether oxygens (including phenoxy) is 1. The van der Waals surface area contributed by atoms with Crippen LogP contribution in [0.5, 0.6) is 0 Å². The maximum atomic E-state index is 11.6.